The highest BCUT2D eigenvalue weighted by Crippen LogP contribution is 2.50. The monoisotopic (exact) mass is 1780 g/mol. The smallest absolute Gasteiger partial charge is 0.330 e. The van der Waals surface area contributed by atoms with Crippen molar-refractivity contribution in [2.45, 2.75) is 183 Å². The van der Waals surface area contributed by atoms with Crippen LogP contribution in [0.2, 0.25) is 10.0 Å². The first kappa shape index (κ1) is 92.1. The molecule has 7 aromatic rings. The van der Waals surface area contributed by atoms with Crippen molar-refractivity contribution in [2.75, 3.05) is 26.0 Å². The molecule has 7 heterocycles. The predicted octanol–water partition coefficient (Wildman–Crippen LogP) is 4.56. The largest absolute Gasteiger partial charge is 0.508 e. The molecule has 14 rings (SSSR count). The van der Waals surface area contributed by atoms with Crippen LogP contribution in [0.4, 0.5) is 0 Å². The van der Waals surface area contributed by atoms with Crippen molar-refractivity contribution in [2.24, 2.45) is 11.7 Å². The first-order valence-electron chi connectivity index (χ1n) is 39.5. The maximum absolute atomic E-state index is 16.3. The average molecular weight is 1780 g/mol. The summed E-state index contributed by atoms with van der Waals surface area (Å²) in [5.74, 6) is -14.9. The fourth-order valence-electron chi connectivity index (χ4n) is 15.0. The SMILES string of the molecule is CN[C@H](CC(C)C)C(=O)N[C@H]1C(=O)N[C@@H](CC(N)=O)C(=O)N[C@H]2C(=O)N[C@H]3C(=O)N[C@H](C(=O)N[C@H](C(=O)O)c4cc(O)cc(O)c4-c4cc3ccc4O)[C@H](O)c3ccc(c(Cl)c3)Oc3cc2cc(c3O[C@@H]2O[C@H](CO)[C@@H](O)[C@H](O)[C@H]2O[C@H]2C[C@](C)(NCc3ccc(OCc4ccccc4)c(OCCCSC(C)=O)c3)[C@H](O)[C@H](C)O2)Oc2ccc(cc2Cl)[C@H]1O. The number of rotatable bonds is 24. The molecule has 0 aromatic heterocycles. The van der Waals surface area contributed by atoms with Crippen LogP contribution in [0.15, 0.2) is 127 Å². The Morgan fingerprint density at radius 2 is 1.34 bits per heavy atom. The van der Waals surface area contributed by atoms with E-state index in [1.165, 1.54) is 26.1 Å². The van der Waals surface area contributed by atoms with Gasteiger partial charge >= 0.3 is 5.97 Å². The molecule has 124 heavy (non-hydrogen) atoms. The van der Waals surface area contributed by atoms with Crippen LogP contribution in [-0.4, -0.2) is 208 Å². The number of hydrogen-bond acceptors (Lipinski definition) is 29. The number of phenols is 3. The lowest BCUT2D eigenvalue weighted by Gasteiger charge is -2.48. The summed E-state index contributed by atoms with van der Waals surface area (Å²) >= 11 is 15.5. The number of benzene rings is 7. The van der Waals surface area contributed by atoms with Gasteiger partial charge in [0.05, 0.1) is 47.9 Å². The second-order valence-electron chi connectivity index (χ2n) is 31.1. The molecular formula is C85H95Cl2N9O27S. The van der Waals surface area contributed by atoms with Gasteiger partial charge in [-0.1, -0.05) is 103 Å². The number of primary amides is 1. The van der Waals surface area contributed by atoms with E-state index < -0.39 is 237 Å². The van der Waals surface area contributed by atoms with Gasteiger partial charge in [-0.05, 0) is 140 Å². The number of aliphatic hydroxyl groups is 6. The zero-order valence-electron chi connectivity index (χ0n) is 67.5. The van der Waals surface area contributed by atoms with E-state index in [-0.39, 0.29) is 71.1 Å². The van der Waals surface area contributed by atoms with Crippen molar-refractivity contribution in [3.63, 3.8) is 0 Å². The van der Waals surface area contributed by atoms with E-state index in [0.717, 1.165) is 84.1 Å². The number of carboxylic acids is 1. The summed E-state index contributed by atoms with van der Waals surface area (Å²) in [4.78, 5) is 130. The molecule has 7 aromatic carbocycles. The molecule has 0 unspecified atom stereocenters. The van der Waals surface area contributed by atoms with Crippen molar-refractivity contribution >= 4 is 87.4 Å². The molecule has 2 fully saturated rings. The maximum atomic E-state index is 16.3. The van der Waals surface area contributed by atoms with E-state index in [1.807, 2.05) is 44.2 Å². The second-order valence-corrected chi connectivity index (χ2v) is 33.2. The average Bonchev–Trinajstić information content (AvgIpc) is 0.766. The van der Waals surface area contributed by atoms with E-state index >= 15 is 19.2 Å². The van der Waals surface area contributed by atoms with Gasteiger partial charge in [-0.3, -0.25) is 38.4 Å². The molecule has 0 saturated carbocycles. The van der Waals surface area contributed by atoms with Crippen LogP contribution in [0.3, 0.4) is 0 Å². The summed E-state index contributed by atoms with van der Waals surface area (Å²) in [6, 6.07) is 13.9. The van der Waals surface area contributed by atoms with Gasteiger partial charge < -0.3 is 137 Å². The van der Waals surface area contributed by atoms with E-state index in [9.17, 15) is 75.0 Å². The first-order chi connectivity index (χ1) is 59.0. The number of fused-ring (bicyclic) bond motifs is 15. The van der Waals surface area contributed by atoms with Crippen LogP contribution in [0, 0.1) is 5.92 Å². The lowest BCUT2D eigenvalue weighted by atomic mass is 9.84. The molecule has 0 aliphatic carbocycles. The van der Waals surface area contributed by atoms with Gasteiger partial charge in [0, 0.05) is 53.9 Å². The number of nitrogens with two attached hydrogens (primary N) is 1. The molecule has 11 bridgehead atoms. The van der Waals surface area contributed by atoms with Gasteiger partial charge in [-0.2, -0.15) is 0 Å². The zero-order valence-corrected chi connectivity index (χ0v) is 69.9. The fourth-order valence-corrected chi connectivity index (χ4v) is 16.0. The molecule has 7 aliphatic heterocycles. The minimum Gasteiger partial charge on any atom is -0.508 e. The number of hydrogen-bond donors (Lipinski definition) is 19. The van der Waals surface area contributed by atoms with Crippen LogP contribution in [0.25, 0.3) is 11.1 Å². The van der Waals surface area contributed by atoms with Gasteiger partial charge in [0.1, 0.15) is 96.1 Å². The summed E-state index contributed by atoms with van der Waals surface area (Å²) in [5, 5.41) is 137. The van der Waals surface area contributed by atoms with E-state index in [2.05, 4.69) is 42.5 Å². The highest BCUT2D eigenvalue weighted by Gasteiger charge is 2.52. The summed E-state index contributed by atoms with van der Waals surface area (Å²) in [5.41, 5.74) is 3.09. The number of ether oxygens (including phenoxy) is 8. The molecule has 20 N–H and O–H groups in total. The Bertz CT molecular complexity index is 5180. The van der Waals surface area contributed by atoms with Crippen molar-refractivity contribution in [3.05, 3.63) is 176 Å². The minimum atomic E-state index is -2.38. The van der Waals surface area contributed by atoms with Gasteiger partial charge in [0.15, 0.2) is 46.5 Å². The van der Waals surface area contributed by atoms with Crippen molar-refractivity contribution in [3.8, 4) is 68.6 Å². The van der Waals surface area contributed by atoms with Crippen LogP contribution in [-0.2, 0) is 70.5 Å². The summed E-state index contributed by atoms with van der Waals surface area (Å²) < 4.78 is 52.2. The summed E-state index contributed by atoms with van der Waals surface area (Å²) in [6.07, 6.45) is -18.6. The molecule has 36 nitrogen and oxygen atoms in total. The maximum Gasteiger partial charge on any atom is 0.330 e. The van der Waals surface area contributed by atoms with Crippen LogP contribution >= 0.6 is 35.0 Å². The number of aliphatic carboxylic acids is 1. The highest BCUT2D eigenvalue weighted by molar-refractivity contribution is 8.13. The second kappa shape index (κ2) is 39.8. The topological polar surface area (TPSA) is 552 Å². The van der Waals surface area contributed by atoms with E-state index in [4.69, 9.17) is 66.8 Å². The Labute approximate surface area is 723 Å². The lowest BCUT2D eigenvalue weighted by molar-refractivity contribution is -0.334. The zero-order chi connectivity index (χ0) is 89.4. The van der Waals surface area contributed by atoms with Crippen molar-refractivity contribution in [1.82, 2.24) is 42.5 Å². The number of likely N-dealkylation sites (N-methyl/N-ethyl adjacent to an activating group) is 1. The number of carbonyl (C=O) groups excluding carboxylic acids is 8. The summed E-state index contributed by atoms with van der Waals surface area (Å²) in [6.45, 7) is 7.86. The van der Waals surface area contributed by atoms with Gasteiger partial charge in [-0.25, -0.2) is 4.79 Å². The molecule has 7 amide bonds. The third-order valence-electron chi connectivity index (χ3n) is 21.5. The van der Waals surface area contributed by atoms with Crippen LogP contribution < -0.4 is 72.0 Å². The normalized spacial score (nSPS) is 26.0. The quantitative estimate of drug-likeness (QED) is 0.0369. The minimum absolute atomic E-state index is 0.0417. The Morgan fingerprint density at radius 3 is 1.98 bits per heavy atom. The first-order valence-corrected chi connectivity index (χ1v) is 41.2. The number of aliphatic hydroxyl groups excluding tert-OH is 6. The van der Waals surface area contributed by atoms with Crippen molar-refractivity contribution < 1.29 is 132 Å². The molecule has 18 atom stereocenters. The Morgan fingerprint density at radius 1 is 0.685 bits per heavy atom. The predicted molar refractivity (Wildman–Crippen MR) is 442 cm³/mol. The lowest BCUT2D eigenvalue weighted by Crippen LogP contribution is -2.65. The standard InChI is InChI=1S/C85H95Cl2N9O27S/c1-37(2)23-51(89-6)77(108)95-68-70(103)43-15-19-55(49(86)26-43)119-59-28-45-29-60(74(59)123-84-75(73(106)72(105)61(35-97)121-84)122-63-33-85(5,76(107)38(3)118-63)90-34-41-13-18-57(117-36-40-11-8-7-9-12-40)58(24-41)116-21-10-22-124-39(4)98)120-56-20-16-44(27-50(56)87)71(104)69-82(113)94-67(83(114)115)48-30-46(99)31-54(101)64(48)47-25-42(14-17-53(47)100)65(79(110)96-69)93-80(111)66(45)92-78(109)52(32-62(88)102)91-81(68)112/h7-9,11-20,24-31,37-38,51-52,61,63,65-73,75-76,84,89-90,97,99-101,103-107H,10,21-23,32-36H2,1-6H3,(H2,88,102)(H,91,112)(H,92,109)(H,93,111)(H,94,113)(H,95,108)(H,96,110)(H,114,115)/t38-,51+,52-,61+,63-,65+,66+,67-,68+,69-,70+,71+,72+,73-,75+,76+,84-,85-/m0/s1. The number of aromatic hydroxyl groups is 3. The Hall–Kier alpha value is -11.1. The third kappa shape index (κ3) is 21.3. The van der Waals surface area contributed by atoms with Gasteiger partial charge in [-0.15, -0.1) is 0 Å². The summed E-state index contributed by atoms with van der Waals surface area (Å²) in [7, 11) is 1.47. The molecule has 662 valence electrons. The van der Waals surface area contributed by atoms with Gasteiger partial charge in [0.2, 0.25) is 53.4 Å². The van der Waals surface area contributed by atoms with E-state index in [0.29, 0.717) is 29.2 Å². The molecule has 7 aliphatic rings. The molecule has 39 heteroatoms. The van der Waals surface area contributed by atoms with Crippen LogP contribution in [0.1, 0.15) is 130 Å². The number of thioether (sulfide) groups is 1. The number of nitrogens with one attached hydrogen (secondary N) is 8. The number of carbonyl (C=O) groups is 9. The number of phenolic OH excluding ortho intramolecular Hbond substituents is 3. The Balaban J connectivity index is 1.01. The molecular weight excluding hydrogens is 1680 g/mol. The van der Waals surface area contributed by atoms with Crippen LogP contribution in [0.5, 0.6) is 57.5 Å². The Kier molecular flexibility index (Phi) is 29.5. The third-order valence-corrected chi connectivity index (χ3v) is 23.0. The van der Waals surface area contributed by atoms with Gasteiger partial charge in [0.25, 0.3) is 0 Å². The number of amides is 7. The fraction of sp³-hybridized carbons (Fsp3) is 0.400. The number of carboxylic acid groups (broad SMARTS) is 1. The highest BCUT2D eigenvalue weighted by atomic mass is 35.5. The molecule has 0 spiro atoms. The molecule has 0 radical (unpaired) electrons. The number of halogens is 2. The van der Waals surface area contributed by atoms with E-state index in [1.54, 1.807) is 32.0 Å². The molecule has 2 saturated heterocycles. The van der Waals surface area contributed by atoms with Crippen molar-refractivity contribution in [1.29, 1.82) is 0 Å².